The molecule has 0 aliphatic rings. The van der Waals surface area contributed by atoms with E-state index in [9.17, 15) is 9.13 Å². The second kappa shape index (κ2) is 8.15. The topological polar surface area (TPSA) is 165 Å². The Morgan fingerprint density at radius 3 is 1.00 bits per heavy atom. The van der Waals surface area contributed by atoms with Gasteiger partial charge in [0, 0.05) is 0 Å². The van der Waals surface area contributed by atoms with E-state index in [4.69, 9.17) is 30.1 Å². The third-order valence-corrected chi connectivity index (χ3v) is 1.91. The Balaban J connectivity index is -0.000000249. The second-order valence-corrected chi connectivity index (χ2v) is 3.68. The van der Waals surface area contributed by atoms with Crippen LogP contribution < -0.4 is 0 Å². The van der Waals surface area contributed by atoms with Crippen molar-refractivity contribution in [2.24, 2.45) is 0 Å². The molecule has 0 aliphatic heterocycles. The molecule has 9 nitrogen and oxygen atoms in total. The van der Waals surface area contributed by atoms with Gasteiger partial charge in [0.05, 0.1) is 0 Å². The molecule has 0 bridgehead atoms. The zero-order valence-corrected chi connectivity index (χ0v) is 6.59. The molecule has 12 heavy (non-hydrogen) atoms. The summed E-state index contributed by atoms with van der Waals surface area (Å²) in [4.78, 5) is 31.0. The van der Waals surface area contributed by atoms with Crippen LogP contribution >= 0.6 is 15.6 Å². The minimum atomic E-state index is -5.05. The summed E-state index contributed by atoms with van der Waals surface area (Å²) in [6.07, 6.45) is 0. The van der Waals surface area contributed by atoms with Crippen LogP contribution in [0.15, 0.2) is 0 Å². The van der Waals surface area contributed by atoms with Crippen LogP contribution in [0.3, 0.4) is 0 Å². The number of rotatable bonds is 2. The molecule has 0 aromatic heterocycles. The second-order valence-electron chi connectivity index (χ2n) is 1.06. The summed E-state index contributed by atoms with van der Waals surface area (Å²) in [5, 5.41) is 12.0. The van der Waals surface area contributed by atoms with Crippen LogP contribution in [0, 0.1) is 0 Å². The normalized spacial score (nSPS) is 10.8. The van der Waals surface area contributed by atoms with Crippen LogP contribution in [0.2, 0.25) is 0 Å². The summed E-state index contributed by atoms with van der Waals surface area (Å²) in [5.41, 5.74) is 0. The average molecular weight is 252 g/mol. The molecule has 0 rings (SSSR count). The first-order valence-electron chi connectivity index (χ1n) is 1.73. The minimum absolute atomic E-state index is 0. The van der Waals surface area contributed by atoms with E-state index < -0.39 is 15.6 Å². The summed E-state index contributed by atoms with van der Waals surface area (Å²) >= 11 is 0. The van der Waals surface area contributed by atoms with Crippen molar-refractivity contribution in [2.45, 2.75) is 0 Å². The molecule has 0 unspecified atom stereocenters. The van der Waals surface area contributed by atoms with E-state index in [2.05, 4.69) is 4.31 Å². The molecule has 72 valence electrons. The Bertz CT molecular complexity index is 153. The quantitative estimate of drug-likeness (QED) is 0.149. The van der Waals surface area contributed by atoms with E-state index >= 15 is 0 Å². The third-order valence-electron chi connectivity index (χ3n) is 0.213. The van der Waals surface area contributed by atoms with Gasteiger partial charge in [0.1, 0.15) is 0 Å². The number of phosphoric acid groups is 2. The molecule has 0 fully saturated rings. The standard InChI is InChI=1S/K.H4O7P2.H2O2.H/c;1-8(2,3)7-9(4,5)6;1-2;/h;(H2,1,2,3)(H2,4,5,6);1-2H;. The Morgan fingerprint density at radius 1 is 0.833 bits per heavy atom. The summed E-state index contributed by atoms with van der Waals surface area (Å²) in [5.74, 6) is 0. The fourth-order valence-corrected chi connectivity index (χ4v) is 1.25. The van der Waals surface area contributed by atoms with Gasteiger partial charge in [0.15, 0.2) is 0 Å². The Labute approximate surface area is 109 Å². The van der Waals surface area contributed by atoms with E-state index in [0.29, 0.717) is 0 Å². The molecule has 0 amide bonds. The third kappa shape index (κ3) is 22.6. The van der Waals surface area contributed by atoms with Crippen LogP contribution in [-0.4, -0.2) is 81.5 Å². The van der Waals surface area contributed by atoms with Crippen LogP contribution in [0.5, 0.6) is 0 Å². The fourth-order valence-electron chi connectivity index (χ4n) is 0.139. The van der Waals surface area contributed by atoms with Gasteiger partial charge in [0.25, 0.3) is 0 Å². The molecule has 0 aliphatic carbocycles. The Hall–Kier alpha value is 1.82. The molecular formula is H7KO9P2. The van der Waals surface area contributed by atoms with Gasteiger partial charge in [-0.3, -0.25) is 10.5 Å². The predicted molar refractivity (Wildman–Crippen MR) is 37.6 cm³/mol. The molecule has 0 spiro atoms. The molecule has 0 atom stereocenters. The zero-order valence-electron chi connectivity index (χ0n) is 4.80. The van der Waals surface area contributed by atoms with Crippen molar-refractivity contribution in [1.82, 2.24) is 0 Å². The molecule has 0 saturated carbocycles. The molecule has 12 heteroatoms. The van der Waals surface area contributed by atoms with Gasteiger partial charge < -0.3 is 19.6 Å². The van der Waals surface area contributed by atoms with Gasteiger partial charge >= 0.3 is 67.0 Å². The van der Waals surface area contributed by atoms with Crippen molar-refractivity contribution in [3.05, 3.63) is 0 Å². The SMILES string of the molecule is O=P(O)(O)OP(=O)(O)O.OO.[KH]. The molecule has 0 aromatic rings. The monoisotopic (exact) mass is 252 g/mol. The van der Waals surface area contributed by atoms with Crippen molar-refractivity contribution in [1.29, 1.82) is 0 Å². The van der Waals surface area contributed by atoms with Gasteiger partial charge in [-0.25, -0.2) is 9.13 Å². The van der Waals surface area contributed by atoms with E-state index in [1.165, 1.54) is 0 Å². The number of hydrogen-bond donors (Lipinski definition) is 6. The molecule has 0 heterocycles. The summed E-state index contributed by atoms with van der Waals surface area (Å²) in [6, 6.07) is 0. The van der Waals surface area contributed by atoms with E-state index in [1.54, 1.807) is 0 Å². The van der Waals surface area contributed by atoms with Gasteiger partial charge in [0.2, 0.25) is 0 Å². The summed E-state index contributed by atoms with van der Waals surface area (Å²) in [7, 11) is -10.1. The first-order chi connectivity index (χ1) is 4.71. The maximum absolute atomic E-state index is 9.63. The van der Waals surface area contributed by atoms with E-state index in [-0.39, 0.29) is 51.4 Å². The van der Waals surface area contributed by atoms with Crippen LogP contribution in [0.25, 0.3) is 0 Å². The van der Waals surface area contributed by atoms with Crippen LogP contribution in [0.4, 0.5) is 0 Å². The first kappa shape index (κ1) is 19.4. The van der Waals surface area contributed by atoms with Crippen LogP contribution in [-0.2, 0) is 13.4 Å². The van der Waals surface area contributed by atoms with E-state index in [0.717, 1.165) is 0 Å². The van der Waals surface area contributed by atoms with Gasteiger partial charge in [-0.05, 0) is 0 Å². The fraction of sp³-hybridized carbons (Fsp3) is 0. The average Bonchev–Trinajstić information content (AvgIpc) is 1.60. The van der Waals surface area contributed by atoms with E-state index in [1.807, 2.05) is 0 Å². The summed E-state index contributed by atoms with van der Waals surface area (Å²) in [6.45, 7) is 0. The van der Waals surface area contributed by atoms with Crippen molar-refractivity contribution in [3.8, 4) is 0 Å². The maximum atomic E-state index is 9.63. The molecule has 0 radical (unpaired) electrons. The predicted octanol–water partition coefficient (Wildman–Crippen LogP) is -1.44. The summed E-state index contributed by atoms with van der Waals surface area (Å²) < 4.78 is 22.2. The molecular weight excluding hydrogens is 245 g/mol. The van der Waals surface area contributed by atoms with Crippen molar-refractivity contribution in [2.75, 3.05) is 0 Å². The van der Waals surface area contributed by atoms with Crippen molar-refractivity contribution >= 4 is 67.0 Å². The molecule has 0 aromatic carbocycles. The van der Waals surface area contributed by atoms with Crippen LogP contribution in [0.1, 0.15) is 0 Å². The van der Waals surface area contributed by atoms with Crippen molar-refractivity contribution < 1.29 is 43.5 Å². The molecule has 0 saturated heterocycles. The first-order valence-corrected chi connectivity index (χ1v) is 4.79. The Morgan fingerprint density at radius 2 is 1.00 bits per heavy atom. The van der Waals surface area contributed by atoms with Gasteiger partial charge in [-0.1, -0.05) is 0 Å². The zero-order chi connectivity index (χ0) is 9.71. The van der Waals surface area contributed by atoms with Gasteiger partial charge in [-0.2, -0.15) is 4.31 Å². The molecule has 6 N–H and O–H groups in total. The van der Waals surface area contributed by atoms with Gasteiger partial charge in [-0.15, -0.1) is 0 Å². The Kier molecular flexibility index (Phi) is 13.2. The number of hydrogen-bond acceptors (Lipinski definition) is 5. The van der Waals surface area contributed by atoms with Crippen molar-refractivity contribution in [3.63, 3.8) is 0 Å².